The molecule has 1 fully saturated rings. The van der Waals surface area contributed by atoms with Crippen molar-refractivity contribution in [3.05, 3.63) is 12.4 Å². The normalized spacial score (nSPS) is 16.9. The molecule has 1 aromatic heterocycles. The molecule has 0 radical (unpaired) electrons. The van der Waals surface area contributed by atoms with E-state index in [1.165, 1.54) is 0 Å². The summed E-state index contributed by atoms with van der Waals surface area (Å²) in [6, 6.07) is 0.163. The average molecular weight is 222 g/mol. The van der Waals surface area contributed by atoms with Gasteiger partial charge in [-0.1, -0.05) is 0 Å². The van der Waals surface area contributed by atoms with E-state index >= 15 is 0 Å². The Morgan fingerprint density at radius 1 is 1.69 bits per heavy atom. The third-order valence-electron chi connectivity index (χ3n) is 2.72. The van der Waals surface area contributed by atoms with E-state index in [-0.39, 0.29) is 11.9 Å². The zero-order chi connectivity index (χ0) is 11.5. The summed E-state index contributed by atoms with van der Waals surface area (Å²) in [6.45, 7) is 4.74. The molecule has 0 bridgehead atoms. The molecule has 1 amide bonds. The van der Waals surface area contributed by atoms with Crippen LogP contribution in [0.15, 0.2) is 12.4 Å². The molecule has 0 spiro atoms. The van der Waals surface area contributed by atoms with Crippen molar-refractivity contribution in [1.29, 1.82) is 0 Å². The van der Waals surface area contributed by atoms with Gasteiger partial charge in [-0.2, -0.15) is 0 Å². The average Bonchev–Trinajstić information content (AvgIpc) is 2.96. The monoisotopic (exact) mass is 222 g/mol. The Kier molecular flexibility index (Phi) is 3.12. The van der Waals surface area contributed by atoms with E-state index < -0.39 is 0 Å². The van der Waals surface area contributed by atoms with Crippen LogP contribution < -0.4 is 10.6 Å². The van der Waals surface area contributed by atoms with Crippen LogP contribution >= 0.6 is 0 Å². The van der Waals surface area contributed by atoms with Gasteiger partial charge in [-0.3, -0.25) is 4.79 Å². The smallest absolute Gasteiger partial charge is 0.242 e. The van der Waals surface area contributed by atoms with Crippen molar-refractivity contribution < 1.29 is 4.79 Å². The first-order valence-electron chi connectivity index (χ1n) is 5.78. The molecule has 88 valence electrons. The predicted molar refractivity (Wildman–Crippen MR) is 62.2 cm³/mol. The molecule has 1 aliphatic rings. The minimum absolute atomic E-state index is 0.0492. The van der Waals surface area contributed by atoms with Gasteiger partial charge in [0, 0.05) is 25.0 Å². The van der Waals surface area contributed by atoms with Crippen LogP contribution in [0.3, 0.4) is 0 Å². The summed E-state index contributed by atoms with van der Waals surface area (Å²) in [5.74, 6) is 0.800. The highest BCUT2D eigenvalue weighted by atomic mass is 16.2. The van der Waals surface area contributed by atoms with Gasteiger partial charge in [0.15, 0.2) is 0 Å². The fraction of sp³-hybridized carbons (Fsp3) is 0.636. The summed E-state index contributed by atoms with van der Waals surface area (Å²) < 4.78 is 1.97. The maximum absolute atomic E-state index is 11.7. The number of anilines is 1. The minimum Gasteiger partial charge on any atom is -0.352 e. The highest BCUT2D eigenvalue weighted by Gasteiger charge is 2.25. The molecule has 16 heavy (non-hydrogen) atoms. The van der Waals surface area contributed by atoms with Crippen molar-refractivity contribution in [1.82, 2.24) is 14.9 Å². The summed E-state index contributed by atoms with van der Waals surface area (Å²) in [5.41, 5.74) is 0. The lowest BCUT2D eigenvalue weighted by Gasteiger charge is -2.15. The number of carbonyl (C=O) groups excluding carboxylic acids is 1. The van der Waals surface area contributed by atoms with Crippen molar-refractivity contribution in [3.63, 3.8) is 0 Å². The van der Waals surface area contributed by atoms with Crippen LogP contribution in [0.1, 0.15) is 26.7 Å². The number of carbonyl (C=O) groups is 1. The summed E-state index contributed by atoms with van der Waals surface area (Å²) in [4.78, 5) is 15.9. The first-order chi connectivity index (χ1) is 7.70. The van der Waals surface area contributed by atoms with Gasteiger partial charge in [0.05, 0.1) is 0 Å². The van der Waals surface area contributed by atoms with E-state index in [4.69, 9.17) is 0 Å². The van der Waals surface area contributed by atoms with Crippen molar-refractivity contribution in [2.24, 2.45) is 0 Å². The highest BCUT2D eigenvalue weighted by Crippen LogP contribution is 2.18. The molecule has 0 aromatic carbocycles. The van der Waals surface area contributed by atoms with E-state index in [0.29, 0.717) is 6.04 Å². The lowest BCUT2D eigenvalue weighted by Crippen LogP contribution is -2.39. The SMILES string of the molecule is CCn1ccnc1NC(C)C(=O)NC1CC1. The Bertz CT molecular complexity index is 370. The summed E-state index contributed by atoms with van der Waals surface area (Å²) in [5, 5.41) is 6.08. The Balaban J connectivity index is 1.90. The first kappa shape index (κ1) is 11.0. The molecule has 1 aliphatic carbocycles. The standard InChI is InChI=1S/C11H18N4O/c1-3-15-7-6-12-11(15)13-8(2)10(16)14-9-4-5-9/h6-9H,3-5H2,1-2H3,(H,12,13)(H,14,16). The minimum atomic E-state index is -0.242. The van der Waals surface area contributed by atoms with Gasteiger partial charge < -0.3 is 15.2 Å². The molecule has 0 saturated heterocycles. The van der Waals surface area contributed by atoms with E-state index in [1.54, 1.807) is 6.20 Å². The number of nitrogens with zero attached hydrogens (tertiary/aromatic N) is 2. The Labute approximate surface area is 95.2 Å². The molecular formula is C11H18N4O. The van der Waals surface area contributed by atoms with Crippen LogP contribution in [-0.2, 0) is 11.3 Å². The van der Waals surface area contributed by atoms with Gasteiger partial charge in [-0.25, -0.2) is 4.98 Å². The number of hydrogen-bond acceptors (Lipinski definition) is 3. The topological polar surface area (TPSA) is 59.0 Å². The fourth-order valence-corrected chi connectivity index (χ4v) is 1.52. The highest BCUT2D eigenvalue weighted by molar-refractivity contribution is 5.84. The molecule has 1 unspecified atom stereocenters. The summed E-state index contributed by atoms with van der Waals surface area (Å²) >= 11 is 0. The number of aromatic nitrogens is 2. The number of rotatable bonds is 5. The predicted octanol–water partition coefficient (Wildman–Crippen LogP) is 0.982. The Morgan fingerprint density at radius 2 is 2.44 bits per heavy atom. The molecule has 0 aliphatic heterocycles. The molecule has 1 saturated carbocycles. The fourth-order valence-electron chi connectivity index (χ4n) is 1.52. The largest absolute Gasteiger partial charge is 0.352 e. The van der Waals surface area contributed by atoms with Crippen molar-refractivity contribution in [2.75, 3.05) is 5.32 Å². The molecule has 5 heteroatoms. The van der Waals surface area contributed by atoms with E-state index in [0.717, 1.165) is 25.3 Å². The molecule has 5 nitrogen and oxygen atoms in total. The van der Waals surface area contributed by atoms with E-state index in [2.05, 4.69) is 15.6 Å². The third-order valence-corrected chi connectivity index (χ3v) is 2.72. The number of imidazole rings is 1. The molecule has 2 N–H and O–H groups in total. The van der Waals surface area contributed by atoms with Gasteiger partial charge in [0.2, 0.25) is 11.9 Å². The second-order valence-electron chi connectivity index (χ2n) is 4.19. The third kappa shape index (κ3) is 2.53. The number of hydrogen-bond donors (Lipinski definition) is 2. The number of nitrogens with one attached hydrogen (secondary N) is 2. The van der Waals surface area contributed by atoms with Gasteiger partial charge in [0.25, 0.3) is 0 Å². The molecular weight excluding hydrogens is 204 g/mol. The second kappa shape index (κ2) is 4.55. The Hall–Kier alpha value is -1.52. The van der Waals surface area contributed by atoms with Crippen LogP contribution in [0, 0.1) is 0 Å². The number of amides is 1. The van der Waals surface area contributed by atoms with Crippen molar-refractivity contribution >= 4 is 11.9 Å². The first-order valence-corrected chi connectivity index (χ1v) is 5.78. The molecule has 1 aromatic rings. The lowest BCUT2D eigenvalue weighted by atomic mass is 10.3. The quantitative estimate of drug-likeness (QED) is 0.781. The van der Waals surface area contributed by atoms with Crippen LogP contribution in [0.4, 0.5) is 5.95 Å². The van der Waals surface area contributed by atoms with Crippen LogP contribution in [-0.4, -0.2) is 27.5 Å². The van der Waals surface area contributed by atoms with Gasteiger partial charge >= 0.3 is 0 Å². The number of aryl methyl sites for hydroxylation is 1. The maximum Gasteiger partial charge on any atom is 0.242 e. The van der Waals surface area contributed by atoms with Crippen molar-refractivity contribution in [3.8, 4) is 0 Å². The zero-order valence-electron chi connectivity index (χ0n) is 9.73. The van der Waals surface area contributed by atoms with Crippen LogP contribution in [0.25, 0.3) is 0 Å². The van der Waals surface area contributed by atoms with E-state index in [1.807, 2.05) is 24.6 Å². The van der Waals surface area contributed by atoms with Crippen LogP contribution in [0.5, 0.6) is 0 Å². The Morgan fingerprint density at radius 3 is 3.06 bits per heavy atom. The van der Waals surface area contributed by atoms with Crippen molar-refractivity contribution in [2.45, 2.75) is 45.3 Å². The zero-order valence-corrected chi connectivity index (χ0v) is 9.73. The van der Waals surface area contributed by atoms with Gasteiger partial charge in [0.1, 0.15) is 6.04 Å². The summed E-state index contributed by atoms with van der Waals surface area (Å²) in [7, 11) is 0. The maximum atomic E-state index is 11.7. The summed E-state index contributed by atoms with van der Waals surface area (Å²) in [6.07, 6.45) is 5.86. The molecule has 1 atom stereocenters. The molecule has 1 heterocycles. The lowest BCUT2D eigenvalue weighted by molar-refractivity contribution is -0.121. The van der Waals surface area contributed by atoms with E-state index in [9.17, 15) is 4.79 Å². The van der Waals surface area contributed by atoms with Gasteiger partial charge in [-0.15, -0.1) is 0 Å². The second-order valence-corrected chi connectivity index (χ2v) is 4.19. The van der Waals surface area contributed by atoms with Crippen LogP contribution in [0.2, 0.25) is 0 Å². The van der Waals surface area contributed by atoms with Gasteiger partial charge in [-0.05, 0) is 26.7 Å². The molecule has 2 rings (SSSR count).